The van der Waals surface area contributed by atoms with Crippen LogP contribution in [-0.2, 0) is 6.42 Å². The number of anilines is 1. The first kappa shape index (κ1) is 29.3. The molecule has 2 bridgehead atoms. The van der Waals surface area contributed by atoms with Gasteiger partial charge in [0.2, 0.25) is 0 Å². The molecule has 5 aliphatic heterocycles. The third-order valence-electron chi connectivity index (χ3n) is 11.1. The number of aromatic hydroxyl groups is 1. The van der Waals surface area contributed by atoms with Gasteiger partial charge in [0, 0.05) is 38.1 Å². The first-order valence-corrected chi connectivity index (χ1v) is 16.6. The Morgan fingerprint density at radius 1 is 1.09 bits per heavy atom. The van der Waals surface area contributed by atoms with E-state index in [0.717, 1.165) is 18.4 Å². The van der Waals surface area contributed by atoms with E-state index in [0.29, 0.717) is 42.5 Å². The standard InChI is InChI=1S/C35H36F3N5O4/c1-2-17-4-3-5-18-8-21(44)9-23(26(17)18)27-29(37)31-28-32(30(27)38)46-15-25-24-7-6-20(39-24)13-43(25)33(28)41-34(40-31)47-16-35-10-19(36)12-42(35)14-22(45)11-35/h3-5,8-9,19-20,22,24-25,39,44-45H,2,6-7,10-16H2,1H3/t19-,20?,22+,24?,25-,35-/m1/s1. The van der Waals surface area contributed by atoms with E-state index in [1.165, 1.54) is 6.07 Å². The minimum atomic E-state index is -1.04. The fraction of sp³-hybridized carbons (Fsp3) is 0.486. The van der Waals surface area contributed by atoms with Crippen molar-refractivity contribution in [3.8, 4) is 28.6 Å². The number of halogens is 3. The molecule has 5 aliphatic rings. The smallest absolute Gasteiger partial charge is 0.319 e. The van der Waals surface area contributed by atoms with Gasteiger partial charge in [-0.2, -0.15) is 9.97 Å². The van der Waals surface area contributed by atoms with Crippen molar-refractivity contribution in [1.82, 2.24) is 20.2 Å². The van der Waals surface area contributed by atoms with Gasteiger partial charge in [-0.25, -0.2) is 13.2 Å². The van der Waals surface area contributed by atoms with Gasteiger partial charge in [0.1, 0.15) is 36.5 Å². The maximum atomic E-state index is 17.1. The molecule has 47 heavy (non-hydrogen) atoms. The van der Waals surface area contributed by atoms with Gasteiger partial charge in [0.15, 0.2) is 17.4 Å². The molecule has 2 unspecified atom stereocenters. The molecule has 0 spiro atoms. The first-order valence-electron chi connectivity index (χ1n) is 16.6. The Bertz CT molecular complexity index is 1930. The molecular weight excluding hydrogens is 611 g/mol. The number of nitrogens with zero attached hydrogens (tertiary/aromatic N) is 4. The molecule has 1 aromatic heterocycles. The minimum absolute atomic E-state index is 0.0156. The molecule has 246 valence electrons. The maximum absolute atomic E-state index is 17.1. The Labute approximate surface area is 269 Å². The molecule has 9 nitrogen and oxygen atoms in total. The highest BCUT2D eigenvalue weighted by Gasteiger charge is 2.53. The summed E-state index contributed by atoms with van der Waals surface area (Å²) >= 11 is 0. The lowest BCUT2D eigenvalue weighted by molar-refractivity contribution is 0.106. The first-order chi connectivity index (χ1) is 22.7. The third kappa shape index (κ3) is 4.40. The van der Waals surface area contributed by atoms with Crippen LogP contribution in [0.15, 0.2) is 30.3 Å². The van der Waals surface area contributed by atoms with Gasteiger partial charge in [0.25, 0.3) is 0 Å². The van der Waals surface area contributed by atoms with Crippen LogP contribution in [0.3, 0.4) is 0 Å². The van der Waals surface area contributed by atoms with E-state index in [4.69, 9.17) is 14.5 Å². The lowest BCUT2D eigenvalue weighted by Crippen LogP contribution is -2.60. The van der Waals surface area contributed by atoms with Crippen molar-refractivity contribution in [3.05, 3.63) is 47.5 Å². The van der Waals surface area contributed by atoms with Crippen molar-refractivity contribution in [2.45, 2.75) is 75.0 Å². The van der Waals surface area contributed by atoms with Gasteiger partial charge in [-0.1, -0.05) is 25.1 Å². The topological polar surface area (TPSA) is 103 Å². The average molecular weight is 648 g/mol. The van der Waals surface area contributed by atoms with Gasteiger partial charge in [0.05, 0.1) is 28.6 Å². The summed E-state index contributed by atoms with van der Waals surface area (Å²) < 4.78 is 61.2. The molecule has 9 rings (SSSR count). The van der Waals surface area contributed by atoms with Gasteiger partial charge < -0.3 is 29.9 Å². The van der Waals surface area contributed by atoms with E-state index >= 15 is 8.78 Å². The number of alkyl halides is 1. The Hall–Kier alpha value is -3.87. The summed E-state index contributed by atoms with van der Waals surface area (Å²) in [5.74, 6) is -1.69. The summed E-state index contributed by atoms with van der Waals surface area (Å²) in [4.78, 5) is 13.3. The van der Waals surface area contributed by atoms with Crippen LogP contribution in [0.1, 0.15) is 38.2 Å². The van der Waals surface area contributed by atoms with E-state index in [1.807, 2.05) is 24.0 Å². The number of fused-ring (bicyclic) bond motifs is 7. The quantitative estimate of drug-likeness (QED) is 0.286. The summed E-state index contributed by atoms with van der Waals surface area (Å²) in [6.07, 6.45) is 1.42. The molecule has 0 radical (unpaired) electrons. The molecule has 3 aromatic carbocycles. The molecule has 0 aliphatic carbocycles. The maximum Gasteiger partial charge on any atom is 0.319 e. The number of aliphatic hydroxyl groups is 1. The minimum Gasteiger partial charge on any atom is -0.508 e. The van der Waals surface area contributed by atoms with Crippen LogP contribution in [0.25, 0.3) is 32.8 Å². The normalized spacial score (nSPS) is 29.6. The number of hydrogen-bond acceptors (Lipinski definition) is 9. The fourth-order valence-corrected chi connectivity index (χ4v) is 9.05. The summed E-state index contributed by atoms with van der Waals surface area (Å²) in [6, 6.07) is 8.53. The SMILES string of the molecule is CCc1cccc2cc(O)cc(-c3c(F)c4c5c(nc(OC[C@@]67C[C@H](O)CN6C[C@H](F)C7)nc5c3F)N3CC5CCC(N5)[C@H]3CO4)c12. The van der Waals surface area contributed by atoms with Gasteiger partial charge in [-0.15, -0.1) is 0 Å². The average Bonchev–Trinajstić information content (AvgIpc) is 3.63. The van der Waals surface area contributed by atoms with Crippen LogP contribution in [-0.4, -0.2) is 93.9 Å². The van der Waals surface area contributed by atoms with Gasteiger partial charge in [-0.3, -0.25) is 4.90 Å². The van der Waals surface area contributed by atoms with Crippen molar-refractivity contribution < 1.29 is 32.9 Å². The van der Waals surface area contributed by atoms with E-state index in [2.05, 4.69) is 15.2 Å². The zero-order chi connectivity index (χ0) is 32.2. The Balaban J connectivity index is 1.25. The predicted octanol–water partition coefficient (Wildman–Crippen LogP) is 4.62. The molecular formula is C35H36F3N5O4. The molecule has 6 atom stereocenters. The zero-order valence-corrected chi connectivity index (χ0v) is 26.0. The number of aryl methyl sites for hydroxylation is 1. The van der Waals surface area contributed by atoms with E-state index in [9.17, 15) is 14.6 Å². The third-order valence-corrected chi connectivity index (χ3v) is 11.1. The highest BCUT2D eigenvalue weighted by atomic mass is 19.1. The number of hydrogen-bond donors (Lipinski definition) is 3. The Morgan fingerprint density at radius 2 is 1.96 bits per heavy atom. The number of benzene rings is 3. The Morgan fingerprint density at radius 3 is 2.81 bits per heavy atom. The van der Waals surface area contributed by atoms with Crippen LogP contribution in [0, 0.1) is 11.6 Å². The number of piperazine rings is 1. The van der Waals surface area contributed by atoms with Crippen LogP contribution >= 0.6 is 0 Å². The van der Waals surface area contributed by atoms with Crippen molar-refractivity contribution in [2.24, 2.45) is 0 Å². The number of aliphatic hydroxyl groups excluding tert-OH is 1. The molecule has 4 saturated heterocycles. The molecule has 6 heterocycles. The van der Waals surface area contributed by atoms with Crippen molar-refractivity contribution >= 4 is 27.5 Å². The predicted molar refractivity (Wildman–Crippen MR) is 170 cm³/mol. The molecule has 4 aromatic rings. The molecule has 12 heteroatoms. The van der Waals surface area contributed by atoms with Crippen LogP contribution in [0.5, 0.6) is 17.5 Å². The van der Waals surface area contributed by atoms with E-state index in [1.54, 1.807) is 12.1 Å². The number of rotatable bonds is 5. The van der Waals surface area contributed by atoms with Gasteiger partial charge in [-0.05, 0) is 59.7 Å². The number of phenols is 1. The number of phenolic OH excluding ortho intramolecular Hbond substituents is 1. The van der Waals surface area contributed by atoms with Gasteiger partial charge >= 0.3 is 6.01 Å². The fourth-order valence-electron chi connectivity index (χ4n) is 9.05. The largest absolute Gasteiger partial charge is 0.508 e. The highest BCUT2D eigenvalue weighted by molar-refractivity contribution is 6.05. The highest BCUT2D eigenvalue weighted by Crippen LogP contribution is 2.49. The lowest BCUT2D eigenvalue weighted by Gasteiger charge is -2.40. The molecule has 0 saturated carbocycles. The second-order valence-electron chi connectivity index (χ2n) is 13.9. The number of β-amino-alcohol motifs (C(OH)–C–C–N with tert-alkyl or cyclic N) is 1. The second kappa shape index (κ2) is 10.6. The number of aromatic nitrogens is 2. The van der Waals surface area contributed by atoms with Crippen molar-refractivity contribution in [3.63, 3.8) is 0 Å². The van der Waals surface area contributed by atoms with Crippen molar-refractivity contribution in [1.29, 1.82) is 0 Å². The summed E-state index contributed by atoms with van der Waals surface area (Å²) in [6.45, 7) is 3.28. The Kier molecular flexibility index (Phi) is 6.58. The number of ether oxygens (including phenoxy) is 2. The van der Waals surface area contributed by atoms with Crippen molar-refractivity contribution in [2.75, 3.05) is 37.7 Å². The molecule has 0 amide bonds. The van der Waals surface area contributed by atoms with E-state index < -0.39 is 29.4 Å². The second-order valence-corrected chi connectivity index (χ2v) is 13.9. The molecule has 4 fully saturated rings. The van der Waals surface area contributed by atoms with E-state index in [-0.39, 0.29) is 83.8 Å². The number of nitrogens with one attached hydrogen (secondary N) is 1. The molecule has 3 N–H and O–H groups in total. The van der Waals surface area contributed by atoms with Crippen LogP contribution < -0.4 is 19.7 Å². The van der Waals surface area contributed by atoms with Crippen LogP contribution in [0.2, 0.25) is 0 Å². The monoisotopic (exact) mass is 647 g/mol. The summed E-state index contributed by atoms with van der Waals surface area (Å²) in [5, 5.41) is 26.2. The lowest BCUT2D eigenvalue weighted by atomic mass is 9.91. The summed E-state index contributed by atoms with van der Waals surface area (Å²) in [5.41, 5.74) is -0.137. The zero-order valence-electron chi connectivity index (χ0n) is 26.0. The van der Waals surface area contributed by atoms with Crippen LogP contribution in [0.4, 0.5) is 19.0 Å². The summed E-state index contributed by atoms with van der Waals surface area (Å²) in [7, 11) is 0.